The third-order valence-corrected chi connectivity index (χ3v) is 3.63. The van der Waals surface area contributed by atoms with Crippen molar-refractivity contribution in [3.05, 3.63) is 6.07 Å². The van der Waals surface area contributed by atoms with Crippen molar-refractivity contribution in [2.75, 3.05) is 29.5 Å². The van der Waals surface area contributed by atoms with Gasteiger partial charge < -0.3 is 16.4 Å². The van der Waals surface area contributed by atoms with Crippen LogP contribution in [0.5, 0.6) is 0 Å². The summed E-state index contributed by atoms with van der Waals surface area (Å²) < 4.78 is 0. The first kappa shape index (κ1) is 13.9. The molecule has 0 amide bonds. The maximum Gasteiger partial charge on any atom is 0.223 e. The molecule has 2 rings (SSSR count). The monoisotopic (exact) mass is 263 g/mol. The predicted octanol–water partition coefficient (Wildman–Crippen LogP) is 2.87. The first-order chi connectivity index (χ1) is 9.28. The first-order valence-electron chi connectivity index (χ1n) is 7.40. The Kier molecular flexibility index (Phi) is 5.24. The molecule has 0 atom stereocenters. The Hall–Kier alpha value is -1.52. The minimum atomic E-state index is 0.324. The molecule has 1 aromatic rings. The van der Waals surface area contributed by atoms with Crippen LogP contribution in [0.25, 0.3) is 0 Å². The minimum absolute atomic E-state index is 0.324. The molecule has 0 unspecified atom stereocenters. The highest BCUT2D eigenvalue weighted by Gasteiger charge is 2.14. The van der Waals surface area contributed by atoms with E-state index in [9.17, 15) is 0 Å². The lowest BCUT2D eigenvalue weighted by molar-refractivity contribution is 0.518. The van der Waals surface area contributed by atoms with Gasteiger partial charge in [-0.3, -0.25) is 0 Å². The highest BCUT2D eigenvalue weighted by Crippen LogP contribution is 2.27. The summed E-state index contributed by atoms with van der Waals surface area (Å²) in [4.78, 5) is 8.39. The van der Waals surface area contributed by atoms with E-state index in [1.54, 1.807) is 0 Å². The average molecular weight is 263 g/mol. The van der Waals surface area contributed by atoms with E-state index in [-0.39, 0.29) is 0 Å². The van der Waals surface area contributed by atoms with Gasteiger partial charge in [-0.2, -0.15) is 9.97 Å². The number of rotatable bonds is 7. The van der Waals surface area contributed by atoms with Gasteiger partial charge in [-0.15, -0.1) is 0 Å². The van der Waals surface area contributed by atoms with Crippen molar-refractivity contribution in [2.24, 2.45) is 5.92 Å². The number of nitrogens with one attached hydrogen (secondary N) is 2. The second kappa shape index (κ2) is 7.16. The largest absolute Gasteiger partial charge is 0.370 e. The Labute approximate surface area is 115 Å². The normalized spacial score (nSPS) is 15.6. The van der Waals surface area contributed by atoms with Crippen molar-refractivity contribution in [3.63, 3.8) is 0 Å². The second-order valence-electron chi connectivity index (χ2n) is 5.29. The molecule has 1 saturated carbocycles. The number of anilines is 3. The molecule has 19 heavy (non-hydrogen) atoms. The fraction of sp³-hybridized carbons (Fsp3) is 0.714. The van der Waals surface area contributed by atoms with Crippen LogP contribution < -0.4 is 16.4 Å². The lowest BCUT2D eigenvalue weighted by Gasteiger charge is -2.11. The standard InChI is InChI=1S/C14H25N5/c1-2-8-16-12-10-13(19-14(15)18-12)17-9-7-11-5-3-4-6-11/h10-11H,2-9H2,1H3,(H4,15,16,17,18,19). The zero-order valence-corrected chi connectivity index (χ0v) is 11.8. The molecule has 5 nitrogen and oxygen atoms in total. The van der Waals surface area contributed by atoms with Crippen LogP contribution >= 0.6 is 0 Å². The van der Waals surface area contributed by atoms with Gasteiger partial charge in [0.2, 0.25) is 5.95 Å². The zero-order valence-electron chi connectivity index (χ0n) is 11.8. The lowest BCUT2D eigenvalue weighted by Crippen LogP contribution is -2.11. The molecule has 1 aromatic heterocycles. The van der Waals surface area contributed by atoms with Crippen LogP contribution in [0.4, 0.5) is 17.6 Å². The molecule has 1 heterocycles. The summed E-state index contributed by atoms with van der Waals surface area (Å²) in [5.74, 6) is 2.84. The SMILES string of the molecule is CCCNc1cc(NCCC2CCCC2)nc(N)n1. The van der Waals surface area contributed by atoms with E-state index in [4.69, 9.17) is 5.73 Å². The van der Waals surface area contributed by atoms with E-state index < -0.39 is 0 Å². The van der Waals surface area contributed by atoms with E-state index in [2.05, 4.69) is 27.5 Å². The maximum absolute atomic E-state index is 5.72. The van der Waals surface area contributed by atoms with Gasteiger partial charge in [0.15, 0.2) is 0 Å². The fourth-order valence-electron chi connectivity index (χ4n) is 2.60. The van der Waals surface area contributed by atoms with E-state index in [1.165, 1.54) is 32.1 Å². The van der Waals surface area contributed by atoms with Gasteiger partial charge in [-0.05, 0) is 18.8 Å². The fourth-order valence-corrected chi connectivity index (χ4v) is 2.60. The zero-order chi connectivity index (χ0) is 13.5. The number of hydrogen-bond donors (Lipinski definition) is 3. The summed E-state index contributed by atoms with van der Waals surface area (Å²) in [5, 5.41) is 6.59. The average Bonchev–Trinajstić information content (AvgIpc) is 2.89. The summed E-state index contributed by atoms with van der Waals surface area (Å²) in [7, 11) is 0. The molecule has 5 heteroatoms. The highest BCUT2D eigenvalue weighted by molar-refractivity contribution is 5.50. The number of aromatic nitrogens is 2. The van der Waals surface area contributed by atoms with E-state index in [1.807, 2.05) is 6.07 Å². The second-order valence-corrected chi connectivity index (χ2v) is 5.29. The van der Waals surface area contributed by atoms with Gasteiger partial charge in [0, 0.05) is 19.2 Å². The molecule has 0 radical (unpaired) electrons. The Bertz CT molecular complexity index is 387. The number of nitrogen functional groups attached to an aromatic ring is 1. The van der Waals surface area contributed by atoms with Crippen molar-refractivity contribution in [2.45, 2.75) is 45.4 Å². The van der Waals surface area contributed by atoms with E-state index in [0.29, 0.717) is 5.95 Å². The Morgan fingerprint density at radius 2 is 1.79 bits per heavy atom. The highest BCUT2D eigenvalue weighted by atomic mass is 15.1. The molecular weight excluding hydrogens is 238 g/mol. The van der Waals surface area contributed by atoms with Gasteiger partial charge in [0.25, 0.3) is 0 Å². The Morgan fingerprint density at radius 3 is 2.42 bits per heavy atom. The summed E-state index contributed by atoms with van der Waals surface area (Å²) >= 11 is 0. The molecule has 0 saturated heterocycles. The first-order valence-corrected chi connectivity index (χ1v) is 7.40. The van der Waals surface area contributed by atoms with Crippen LogP contribution in [0.3, 0.4) is 0 Å². The van der Waals surface area contributed by atoms with E-state index in [0.717, 1.165) is 37.1 Å². The molecule has 0 bridgehead atoms. The molecular formula is C14H25N5. The molecule has 106 valence electrons. The van der Waals surface area contributed by atoms with Crippen molar-refractivity contribution in [1.29, 1.82) is 0 Å². The summed E-state index contributed by atoms with van der Waals surface area (Å²) in [6.45, 7) is 3.99. The van der Waals surface area contributed by atoms with Crippen LogP contribution in [0, 0.1) is 5.92 Å². The van der Waals surface area contributed by atoms with Crippen LogP contribution in [0.2, 0.25) is 0 Å². The number of hydrogen-bond acceptors (Lipinski definition) is 5. The van der Waals surface area contributed by atoms with Crippen LogP contribution in [0.1, 0.15) is 45.4 Å². The van der Waals surface area contributed by atoms with Crippen LogP contribution in [-0.4, -0.2) is 23.1 Å². The van der Waals surface area contributed by atoms with Gasteiger partial charge in [0.1, 0.15) is 11.6 Å². The van der Waals surface area contributed by atoms with Crippen molar-refractivity contribution in [1.82, 2.24) is 9.97 Å². The predicted molar refractivity (Wildman–Crippen MR) is 80.3 cm³/mol. The van der Waals surface area contributed by atoms with Crippen molar-refractivity contribution in [3.8, 4) is 0 Å². The van der Waals surface area contributed by atoms with E-state index >= 15 is 0 Å². The third-order valence-electron chi connectivity index (χ3n) is 3.63. The molecule has 0 aromatic carbocycles. The van der Waals surface area contributed by atoms with Gasteiger partial charge in [-0.1, -0.05) is 32.6 Å². The molecule has 0 spiro atoms. The topological polar surface area (TPSA) is 75.9 Å². The molecule has 1 aliphatic rings. The molecule has 4 N–H and O–H groups in total. The van der Waals surface area contributed by atoms with Gasteiger partial charge in [0.05, 0.1) is 0 Å². The van der Waals surface area contributed by atoms with Crippen molar-refractivity contribution >= 4 is 17.6 Å². The van der Waals surface area contributed by atoms with Gasteiger partial charge in [-0.25, -0.2) is 0 Å². The van der Waals surface area contributed by atoms with Crippen LogP contribution in [-0.2, 0) is 0 Å². The summed E-state index contributed by atoms with van der Waals surface area (Å²) in [6.07, 6.45) is 7.86. The summed E-state index contributed by atoms with van der Waals surface area (Å²) in [5.41, 5.74) is 5.72. The number of nitrogens with zero attached hydrogens (tertiary/aromatic N) is 2. The third kappa shape index (κ3) is 4.58. The molecule has 0 aliphatic heterocycles. The number of nitrogens with two attached hydrogens (primary N) is 1. The Morgan fingerprint density at radius 1 is 1.16 bits per heavy atom. The van der Waals surface area contributed by atoms with Gasteiger partial charge >= 0.3 is 0 Å². The Balaban J connectivity index is 1.82. The smallest absolute Gasteiger partial charge is 0.223 e. The summed E-state index contributed by atoms with van der Waals surface area (Å²) in [6, 6.07) is 1.93. The molecule has 1 fully saturated rings. The quantitative estimate of drug-likeness (QED) is 0.705. The van der Waals surface area contributed by atoms with Crippen molar-refractivity contribution < 1.29 is 0 Å². The minimum Gasteiger partial charge on any atom is -0.370 e. The van der Waals surface area contributed by atoms with Crippen LogP contribution in [0.15, 0.2) is 6.07 Å². The lowest BCUT2D eigenvalue weighted by atomic mass is 10.0. The molecule has 1 aliphatic carbocycles. The maximum atomic E-state index is 5.72.